The van der Waals surface area contributed by atoms with Crippen LogP contribution in [0.5, 0.6) is 5.75 Å². The molecule has 1 N–H and O–H groups in total. The Bertz CT molecular complexity index is 1060. The van der Waals surface area contributed by atoms with Crippen LogP contribution in [0.1, 0.15) is 27.5 Å². The third kappa shape index (κ3) is 5.59. The quantitative estimate of drug-likeness (QED) is 0.300. The van der Waals surface area contributed by atoms with E-state index in [2.05, 4.69) is 10.1 Å². The number of benzene rings is 3. The molecule has 3 rings (SSSR count). The zero-order valence-electron chi connectivity index (χ0n) is 17.0. The van der Waals surface area contributed by atoms with Gasteiger partial charge in [-0.25, -0.2) is 0 Å². The molecular formula is C24H20ClF4NO2. The molecule has 3 nitrogen and oxygen atoms in total. The SMILES string of the molecule is Cc1ccccc1C(=O)NC(CCl)c1ccc(-c2ccc(OC(F)(F)C(F)F)cc2)cc1. The Kier molecular flexibility index (Phi) is 7.40. The number of hydrogen-bond acceptors (Lipinski definition) is 2. The Morgan fingerprint density at radius 1 is 0.969 bits per heavy atom. The predicted octanol–water partition coefficient (Wildman–Crippen LogP) is 6.61. The third-order valence-electron chi connectivity index (χ3n) is 4.86. The molecule has 1 amide bonds. The van der Waals surface area contributed by atoms with Crippen molar-refractivity contribution in [3.8, 4) is 16.9 Å². The number of aryl methyl sites for hydroxylation is 1. The highest BCUT2D eigenvalue weighted by molar-refractivity contribution is 6.18. The van der Waals surface area contributed by atoms with E-state index in [9.17, 15) is 22.4 Å². The molecule has 0 aromatic heterocycles. The lowest BCUT2D eigenvalue weighted by Crippen LogP contribution is -2.33. The normalized spacial score (nSPS) is 12.5. The average Bonchev–Trinajstić information content (AvgIpc) is 2.78. The first kappa shape index (κ1) is 23.6. The van der Waals surface area contributed by atoms with Crippen LogP contribution in [0.25, 0.3) is 11.1 Å². The van der Waals surface area contributed by atoms with Crippen molar-refractivity contribution in [2.24, 2.45) is 0 Å². The molecule has 3 aromatic carbocycles. The maximum absolute atomic E-state index is 13.0. The van der Waals surface area contributed by atoms with E-state index in [1.54, 1.807) is 36.4 Å². The largest absolute Gasteiger partial charge is 0.461 e. The lowest BCUT2D eigenvalue weighted by atomic mass is 10.0. The van der Waals surface area contributed by atoms with Gasteiger partial charge in [0.05, 0.1) is 6.04 Å². The van der Waals surface area contributed by atoms with Gasteiger partial charge in [-0.15, -0.1) is 11.6 Å². The van der Waals surface area contributed by atoms with Gasteiger partial charge in [-0.05, 0) is 47.4 Å². The molecule has 0 radical (unpaired) electrons. The molecule has 32 heavy (non-hydrogen) atoms. The van der Waals surface area contributed by atoms with Crippen molar-refractivity contribution in [1.82, 2.24) is 5.32 Å². The molecule has 3 aromatic rings. The van der Waals surface area contributed by atoms with Crippen LogP contribution in [-0.4, -0.2) is 24.3 Å². The highest BCUT2D eigenvalue weighted by Gasteiger charge is 2.43. The zero-order valence-corrected chi connectivity index (χ0v) is 17.8. The molecule has 168 valence electrons. The van der Waals surface area contributed by atoms with Gasteiger partial charge in [-0.1, -0.05) is 54.6 Å². The van der Waals surface area contributed by atoms with Gasteiger partial charge < -0.3 is 10.1 Å². The van der Waals surface area contributed by atoms with E-state index < -0.39 is 18.6 Å². The van der Waals surface area contributed by atoms with Gasteiger partial charge in [0.15, 0.2) is 0 Å². The van der Waals surface area contributed by atoms with Crippen molar-refractivity contribution in [1.29, 1.82) is 0 Å². The summed E-state index contributed by atoms with van der Waals surface area (Å²) in [4.78, 5) is 12.6. The molecule has 1 unspecified atom stereocenters. The van der Waals surface area contributed by atoms with Gasteiger partial charge >= 0.3 is 12.5 Å². The van der Waals surface area contributed by atoms with Crippen LogP contribution in [0.4, 0.5) is 17.6 Å². The summed E-state index contributed by atoms with van der Waals surface area (Å²) < 4.78 is 54.6. The van der Waals surface area contributed by atoms with Crippen LogP contribution >= 0.6 is 11.6 Å². The number of nitrogens with one attached hydrogen (secondary N) is 1. The van der Waals surface area contributed by atoms with Crippen LogP contribution in [0.2, 0.25) is 0 Å². The van der Waals surface area contributed by atoms with Crippen LogP contribution in [0, 0.1) is 6.92 Å². The molecule has 0 saturated carbocycles. The van der Waals surface area contributed by atoms with Gasteiger partial charge in [0, 0.05) is 11.4 Å². The number of hydrogen-bond donors (Lipinski definition) is 1. The summed E-state index contributed by atoms with van der Waals surface area (Å²) in [6.45, 7) is 1.85. The topological polar surface area (TPSA) is 38.3 Å². The fraction of sp³-hybridized carbons (Fsp3) is 0.208. The van der Waals surface area contributed by atoms with Crippen LogP contribution in [0.3, 0.4) is 0 Å². The molecular weight excluding hydrogens is 446 g/mol. The Balaban J connectivity index is 1.71. The summed E-state index contributed by atoms with van der Waals surface area (Å²) in [5.41, 5.74) is 3.66. The molecule has 0 saturated heterocycles. The number of halogens is 5. The molecule has 0 aliphatic carbocycles. The summed E-state index contributed by atoms with van der Waals surface area (Å²) in [7, 11) is 0. The first-order valence-electron chi connectivity index (χ1n) is 9.69. The van der Waals surface area contributed by atoms with E-state index in [0.29, 0.717) is 11.1 Å². The van der Waals surface area contributed by atoms with E-state index in [1.807, 2.05) is 19.1 Å². The maximum Gasteiger partial charge on any atom is 0.461 e. The van der Waals surface area contributed by atoms with Crippen molar-refractivity contribution in [3.63, 3.8) is 0 Å². The summed E-state index contributed by atoms with van der Waals surface area (Å²) in [6.07, 6.45) is -8.47. The summed E-state index contributed by atoms with van der Waals surface area (Å²) in [5, 5.41) is 2.92. The third-order valence-corrected chi connectivity index (χ3v) is 5.17. The second-order valence-corrected chi connectivity index (χ2v) is 7.41. The minimum absolute atomic E-state index is 0.168. The van der Waals surface area contributed by atoms with Crippen molar-refractivity contribution in [2.75, 3.05) is 5.88 Å². The Labute approximate surface area is 188 Å². The summed E-state index contributed by atoms with van der Waals surface area (Å²) in [6, 6.07) is 19.4. The minimum Gasteiger partial charge on any atom is -0.428 e. The molecule has 0 spiro atoms. The minimum atomic E-state index is -4.55. The van der Waals surface area contributed by atoms with E-state index in [4.69, 9.17) is 11.6 Å². The average molecular weight is 466 g/mol. The van der Waals surface area contributed by atoms with Crippen molar-refractivity contribution >= 4 is 17.5 Å². The monoisotopic (exact) mass is 465 g/mol. The number of rotatable bonds is 8. The van der Waals surface area contributed by atoms with Gasteiger partial charge in [0.2, 0.25) is 0 Å². The highest BCUT2D eigenvalue weighted by atomic mass is 35.5. The van der Waals surface area contributed by atoms with Crippen molar-refractivity contribution in [2.45, 2.75) is 25.5 Å². The number of carbonyl (C=O) groups is 1. The predicted molar refractivity (Wildman–Crippen MR) is 116 cm³/mol. The standard InChI is InChI=1S/C24H20ClF4NO2/c1-15-4-2-3-5-20(15)22(31)30-21(14-25)18-8-6-16(7-9-18)17-10-12-19(13-11-17)32-24(28,29)23(26)27/h2-13,21,23H,14H2,1H3,(H,30,31). The lowest BCUT2D eigenvalue weighted by Gasteiger charge is -2.18. The second kappa shape index (κ2) is 10.0. The van der Waals surface area contributed by atoms with Crippen molar-refractivity contribution < 1.29 is 27.1 Å². The summed E-state index contributed by atoms with van der Waals surface area (Å²) >= 11 is 6.08. The van der Waals surface area contributed by atoms with Gasteiger partial charge in [-0.3, -0.25) is 4.79 Å². The molecule has 8 heteroatoms. The Hall–Kier alpha value is -3.06. The molecule has 0 aliphatic rings. The molecule has 1 atom stereocenters. The van der Waals surface area contributed by atoms with Gasteiger partial charge in [-0.2, -0.15) is 17.6 Å². The number of ether oxygens (including phenoxy) is 1. The number of amides is 1. The first-order chi connectivity index (χ1) is 15.2. The molecule has 0 aliphatic heterocycles. The van der Waals surface area contributed by atoms with Crippen LogP contribution < -0.4 is 10.1 Å². The fourth-order valence-corrected chi connectivity index (χ4v) is 3.35. The van der Waals surface area contributed by atoms with Crippen molar-refractivity contribution in [3.05, 3.63) is 89.5 Å². The Morgan fingerprint density at radius 3 is 2.06 bits per heavy atom. The van der Waals surface area contributed by atoms with E-state index in [0.717, 1.165) is 16.7 Å². The number of carbonyl (C=O) groups excluding carboxylic acids is 1. The Morgan fingerprint density at radius 2 is 1.53 bits per heavy atom. The molecule has 0 heterocycles. The van der Waals surface area contributed by atoms with Crippen LogP contribution in [-0.2, 0) is 0 Å². The highest BCUT2D eigenvalue weighted by Crippen LogP contribution is 2.30. The van der Waals surface area contributed by atoms with Gasteiger partial charge in [0.25, 0.3) is 5.91 Å². The summed E-state index contributed by atoms with van der Waals surface area (Å²) in [5.74, 6) is -0.424. The van der Waals surface area contributed by atoms with E-state index in [1.165, 1.54) is 24.3 Å². The van der Waals surface area contributed by atoms with Crippen LogP contribution in [0.15, 0.2) is 72.8 Å². The smallest absolute Gasteiger partial charge is 0.428 e. The zero-order chi connectivity index (χ0) is 23.3. The lowest BCUT2D eigenvalue weighted by molar-refractivity contribution is -0.253. The molecule has 0 fully saturated rings. The molecule has 0 bridgehead atoms. The van der Waals surface area contributed by atoms with E-state index in [-0.39, 0.29) is 17.5 Å². The maximum atomic E-state index is 13.0. The number of alkyl halides is 5. The second-order valence-electron chi connectivity index (χ2n) is 7.11. The first-order valence-corrected chi connectivity index (χ1v) is 10.2. The fourth-order valence-electron chi connectivity index (χ4n) is 3.10. The van der Waals surface area contributed by atoms with Gasteiger partial charge in [0.1, 0.15) is 5.75 Å². The van der Waals surface area contributed by atoms with E-state index >= 15 is 0 Å².